The van der Waals surface area contributed by atoms with Crippen molar-refractivity contribution in [2.45, 2.75) is 13.0 Å². The van der Waals surface area contributed by atoms with Crippen molar-refractivity contribution < 1.29 is 24.2 Å². The summed E-state index contributed by atoms with van der Waals surface area (Å²) in [6, 6.07) is 11.1. The summed E-state index contributed by atoms with van der Waals surface area (Å²) >= 11 is 11.9. The van der Waals surface area contributed by atoms with Gasteiger partial charge in [0, 0.05) is 10.6 Å². The van der Waals surface area contributed by atoms with Crippen LogP contribution in [0, 0.1) is 11.3 Å². The number of hydrogen-bond acceptors (Lipinski definition) is 5. The largest absolute Gasteiger partial charge is 0.493 e. The lowest BCUT2D eigenvalue weighted by Gasteiger charge is -2.16. The van der Waals surface area contributed by atoms with Gasteiger partial charge in [-0.15, -0.1) is 0 Å². The van der Waals surface area contributed by atoms with Crippen LogP contribution in [0.3, 0.4) is 0 Å². The van der Waals surface area contributed by atoms with Crippen LogP contribution in [0.1, 0.15) is 12.5 Å². The van der Waals surface area contributed by atoms with Crippen molar-refractivity contribution in [2.24, 2.45) is 0 Å². The standard InChI is InChI=1S/C20H16Cl2N2O5/c1-11(20(26)27)29-18-12(4-3-5-17(18)28-2)8-13(10-23)19(25)24-16-7-6-14(21)9-15(16)22/h3-9,11H,1-2H3,(H,24,25)(H,26,27)/b13-8-/t11-/m1/s1. The molecule has 0 fully saturated rings. The number of hydrogen-bond donors (Lipinski definition) is 2. The Morgan fingerprint density at radius 2 is 2.00 bits per heavy atom. The first-order chi connectivity index (χ1) is 13.8. The highest BCUT2D eigenvalue weighted by Gasteiger charge is 2.19. The number of nitrogens with zero attached hydrogens (tertiary/aromatic N) is 1. The predicted molar refractivity (Wildman–Crippen MR) is 109 cm³/mol. The second-order valence-electron chi connectivity index (χ2n) is 5.73. The van der Waals surface area contributed by atoms with Crippen molar-refractivity contribution in [3.63, 3.8) is 0 Å². The third-order valence-electron chi connectivity index (χ3n) is 3.72. The second-order valence-corrected chi connectivity index (χ2v) is 6.57. The van der Waals surface area contributed by atoms with Gasteiger partial charge in [0.25, 0.3) is 5.91 Å². The van der Waals surface area contributed by atoms with Crippen LogP contribution in [0.2, 0.25) is 10.0 Å². The summed E-state index contributed by atoms with van der Waals surface area (Å²) in [6.07, 6.45) is 0.0941. The maximum Gasteiger partial charge on any atom is 0.344 e. The summed E-state index contributed by atoms with van der Waals surface area (Å²) < 4.78 is 10.7. The Morgan fingerprint density at radius 1 is 1.28 bits per heavy atom. The highest BCUT2D eigenvalue weighted by Crippen LogP contribution is 2.34. The van der Waals surface area contributed by atoms with E-state index in [0.29, 0.717) is 10.6 Å². The zero-order valence-corrected chi connectivity index (χ0v) is 16.9. The van der Waals surface area contributed by atoms with E-state index in [2.05, 4.69) is 5.32 Å². The zero-order chi connectivity index (χ0) is 21.6. The van der Waals surface area contributed by atoms with E-state index in [1.807, 2.05) is 6.07 Å². The van der Waals surface area contributed by atoms with Crippen LogP contribution in [0.4, 0.5) is 5.69 Å². The zero-order valence-electron chi connectivity index (χ0n) is 15.4. The predicted octanol–water partition coefficient (Wildman–Crippen LogP) is 4.40. The van der Waals surface area contributed by atoms with Crippen molar-refractivity contribution in [1.82, 2.24) is 0 Å². The number of carboxylic acid groups (broad SMARTS) is 1. The van der Waals surface area contributed by atoms with Crippen LogP contribution in [0.5, 0.6) is 11.5 Å². The molecular weight excluding hydrogens is 419 g/mol. The van der Waals surface area contributed by atoms with Crippen molar-refractivity contribution in [1.29, 1.82) is 5.26 Å². The van der Waals surface area contributed by atoms with Gasteiger partial charge >= 0.3 is 5.97 Å². The quantitative estimate of drug-likeness (QED) is 0.493. The molecule has 0 unspecified atom stereocenters. The van der Waals surface area contributed by atoms with Gasteiger partial charge in [-0.3, -0.25) is 4.79 Å². The highest BCUT2D eigenvalue weighted by molar-refractivity contribution is 6.36. The molecule has 2 rings (SSSR count). The summed E-state index contributed by atoms with van der Waals surface area (Å²) in [4.78, 5) is 23.7. The van der Waals surface area contributed by atoms with E-state index in [-0.39, 0.29) is 27.8 Å². The van der Waals surface area contributed by atoms with E-state index in [0.717, 1.165) is 0 Å². The molecule has 2 aromatic carbocycles. The summed E-state index contributed by atoms with van der Waals surface area (Å²) in [6.45, 7) is 1.35. The van der Waals surface area contributed by atoms with Gasteiger partial charge in [-0.2, -0.15) is 5.26 Å². The average Bonchev–Trinajstić information content (AvgIpc) is 2.68. The molecule has 150 valence electrons. The fourth-order valence-corrected chi connectivity index (χ4v) is 2.70. The van der Waals surface area contributed by atoms with E-state index in [1.165, 1.54) is 32.2 Å². The Balaban J connectivity index is 2.40. The number of benzene rings is 2. The lowest BCUT2D eigenvalue weighted by molar-refractivity contribution is -0.144. The van der Waals surface area contributed by atoms with Crippen LogP contribution in [-0.2, 0) is 9.59 Å². The molecule has 0 heterocycles. The molecule has 29 heavy (non-hydrogen) atoms. The molecule has 1 atom stereocenters. The number of aliphatic carboxylic acids is 1. The molecule has 0 spiro atoms. The average molecular weight is 435 g/mol. The fourth-order valence-electron chi connectivity index (χ4n) is 2.25. The molecular formula is C20H16Cl2N2O5. The van der Waals surface area contributed by atoms with E-state index in [4.69, 9.17) is 37.8 Å². The Bertz CT molecular complexity index is 1010. The second kappa shape index (κ2) is 9.82. The highest BCUT2D eigenvalue weighted by atomic mass is 35.5. The van der Waals surface area contributed by atoms with Gasteiger partial charge < -0.3 is 19.9 Å². The van der Waals surface area contributed by atoms with Gasteiger partial charge in [0.2, 0.25) is 0 Å². The Labute approximate surface area is 177 Å². The normalized spacial score (nSPS) is 11.9. The van der Waals surface area contributed by atoms with Gasteiger partial charge in [0.05, 0.1) is 17.8 Å². The Kier molecular flexibility index (Phi) is 7.48. The molecule has 2 N–H and O–H groups in total. The number of methoxy groups -OCH3 is 1. The summed E-state index contributed by atoms with van der Waals surface area (Å²) in [7, 11) is 1.39. The van der Waals surface area contributed by atoms with Gasteiger partial charge in [0.15, 0.2) is 17.6 Å². The minimum Gasteiger partial charge on any atom is -0.493 e. The number of nitrogens with one attached hydrogen (secondary N) is 1. The van der Waals surface area contributed by atoms with Gasteiger partial charge in [-0.25, -0.2) is 4.79 Å². The first-order valence-electron chi connectivity index (χ1n) is 8.21. The first-order valence-corrected chi connectivity index (χ1v) is 8.97. The number of halogens is 2. The third-order valence-corrected chi connectivity index (χ3v) is 4.26. The van der Waals surface area contributed by atoms with Crippen LogP contribution >= 0.6 is 23.2 Å². The topological polar surface area (TPSA) is 109 Å². The summed E-state index contributed by atoms with van der Waals surface area (Å²) in [5.74, 6) is -1.54. The SMILES string of the molecule is COc1cccc(/C=C(/C#N)C(=O)Nc2ccc(Cl)cc2Cl)c1O[C@H](C)C(=O)O. The number of para-hydroxylation sites is 1. The number of carbonyl (C=O) groups excluding carboxylic acids is 1. The molecule has 0 aliphatic heterocycles. The minimum absolute atomic E-state index is 0.0926. The lowest BCUT2D eigenvalue weighted by Crippen LogP contribution is -2.23. The number of rotatable bonds is 7. The molecule has 7 nitrogen and oxygen atoms in total. The van der Waals surface area contributed by atoms with Crippen LogP contribution < -0.4 is 14.8 Å². The monoisotopic (exact) mass is 434 g/mol. The number of carboxylic acids is 1. The molecule has 0 aliphatic carbocycles. The molecule has 0 aromatic heterocycles. The van der Waals surface area contributed by atoms with E-state index >= 15 is 0 Å². The van der Waals surface area contributed by atoms with Crippen molar-refractivity contribution >= 4 is 46.8 Å². The number of ether oxygens (including phenoxy) is 2. The lowest BCUT2D eigenvalue weighted by atomic mass is 10.1. The molecule has 2 aromatic rings. The molecule has 0 radical (unpaired) electrons. The molecule has 1 amide bonds. The van der Waals surface area contributed by atoms with E-state index in [9.17, 15) is 14.9 Å². The van der Waals surface area contributed by atoms with E-state index in [1.54, 1.807) is 24.3 Å². The van der Waals surface area contributed by atoms with Gasteiger partial charge in [-0.1, -0.05) is 35.3 Å². The number of amides is 1. The third kappa shape index (κ3) is 5.64. The van der Waals surface area contributed by atoms with Crippen LogP contribution in [-0.4, -0.2) is 30.2 Å². The van der Waals surface area contributed by atoms with Gasteiger partial charge in [0.1, 0.15) is 11.6 Å². The van der Waals surface area contributed by atoms with Gasteiger partial charge in [-0.05, 0) is 37.3 Å². The molecule has 9 heteroatoms. The maximum absolute atomic E-state index is 12.5. The molecule has 0 saturated carbocycles. The first kappa shape index (κ1) is 22.1. The fraction of sp³-hybridized carbons (Fsp3) is 0.150. The molecule has 0 saturated heterocycles. The molecule has 0 bridgehead atoms. The van der Waals surface area contributed by atoms with Crippen LogP contribution in [0.25, 0.3) is 6.08 Å². The maximum atomic E-state index is 12.5. The van der Waals surface area contributed by atoms with Crippen molar-refractivity contribution in [3.05, 3.63) is 57.6 Å². The van der Waals surface area contributed by atoms with E-state index < -0.39 is 18.0 Å². The Morgan fingerprint density at radius 3 is 2.59 bits per heavy atom. The van der Waals surface area contributed by atoms with Crippen molar-refractivity contribution in [3.8, 4) is 17.6 Å². The number of nitriles is 1. The Hall–Kier alpha value is -3.21. The minimum atomic E-state index is -1.18. The summed E-state index contributed by atoms with van der Waals surface area (Å²) in [5.41, 5.74) is 0.326. The van der Waals surface area contributed by atoms with Crippen molar-refractivity contribution in [2.75, 3.05) is 12.4 Å². The smallest absolute Gasteiger partial charge is 0.344 e. The molecule has 0 aliphatic rings. The number of carbonyl (C=O) groups is 2. The number of anilines is 1. The summed E-state index contributed by atoms with van der Waals surface area (Å²) in [5, 5.41) is 21.7. The van der Waals surface area contributed by atoms with Crippen LogP contribution in [0.15, 0.2) is 42.0 Å².